The fourth-order valence-corrected chi connectivity index (χ4v) is 3.34. The van der Waals surface area contributed by atoms with Crippen LogP contribution in [0.2, 0.25) is 0 Å². The van der Waals surface area contributed by atoms with Gasteiger partial charge in [0, 0.05) is 31.3 Å². The lowest BCUT2D eigenvalue weighted by Crippen LogP contribution is -2.35. The molecule has 0 saturated carbocycles. The molecule has 2 unspecified atom stereocenters. The molecule has 4 nitrogen and oxygen atoms in total. The van der Waals surface area contributed by atoms with E-state index < -0.39 is 5.97 Å². The second-order valence-corrected chi connectivity index (χ2v) is 5.75. The van der Waals surface area contributed by atoms with E-state index in [1.807, 2.05) is 12.1 Å². The SMILES string of the molecule is O=C(O)CC1CN(CC2CCCCO2)c2ccccc21. The topological polar surface area (TPSA) is 49.8 Å². The van der Waals surface area contributed by atoms with E-state index in [1.54, 1.807) is 0 Å². The van der Waals surface area contributed by atoms with Crippen LogP contribution in [0.4, 0.5) is 5.69 Å². The van der Waals surface area contributed by atoms with Gasteiger partial charge in [-0.05, 0) is 30.9 Å². The highest BCUT2D eigenvalue weighted by molar-refractivity contribution is 5.71. The van der Waals surface area contributed by atoms with Gasteiger partial charge in [-0.1, -0.05) is 18.2 Å². The van der Waals surface area contributed by atoms with Gasteiger partial charge in [-0.3, -0.25) is 4.79 Å². The zero-order valence-corrected chi connectivity index (χ0v) is 11.6. The van der Waals surface area contributed by atoms with Crippen molar-refractivity contribution in [2.45, 2.75) is 37.7 Å². The Bertz CT molecular complexity index is 482. The van der Waals surface area contributed by atoms with Crippen LogP contribution in [-0.4, -0.2) is 36.9 Å². The van der Waals surface area contributed by atoms with Crippen LogP contribution in [0, 0.1) is 0 Å². The number of hydrogen-bond donors (Lipinski definition) is 1. The van der Waals surface area contributed by atoms with Gasteiger partial charge in [0.05, 0.1) is 12.5 Å². The minimum Gasteiger partial charge on any atom is -0.481 e. The maximum atomic E-state index is 11.0. The van der Waals surface area contributed by atoms with Crippen LogP contribution in [0.5, 0.6) is 0 Å². The van der Waals surface area contributed by atoms with Gasteiger partial charge in [0.25, 0.3) is 0 Å². The van der Waals surface area contributed by atoms with Crippen LogP contribution in [0.1, 0.15) is 37.2 Å². The first-order chi connectivity index (χ1) is 9.74. The van der Waals surface area contributed by atoms with E-state index in [1.165, 1.54) is 17.7 Å². The van der Waals surface area contributed by atoms with Crippen LogP contribution in [0.25, 0.3) is 0 Å². The van der Waals surface area contributed by atoms with Crippen molar-refractivity contribution in [2.24, 2.45) is 0 Å². The molecule has 1 aromatic rings. The first-order valence-electron chi connectivity index (χ1n) is 7.41. The number of hydrogen-bond acceptors (Lipinski definition) is 3. The Morgan fingerprint density at radius 1 is 1.35 bits per heavy atom. The number of carboxylic acid groups (broad SMARTS) is 1. The molecular weight excluding hydrogens is 254 g/mol. The molecule has 1 aromatic carbocycles. The van der Waals surface area contributed by atoms with Gasteiger partial charge in [0.1, 0.15) is 0 Å². The van der Waals surface area contributed by atoms with E-state index in [2.05, 4.69) is 17.0 Å². The van der Waals surface area contributed by atoms with Crippen molar-refractivity contribution in [3.05, 3.63) is 29.8 Å². The average molecular weight is 275 g/mol. The van der Waals surface area contributed by atoms with Crippen molar-refractivity contribution in [2.75, 3.05) is 24.6 Å². The summed E-state index contributed by atoms with van der Waals surface area (Å²) in [6.45, 7) is 2.54. The maximum Gasteiger partial charge on any atom is 0.304 e. The Morgan fingerprint density at radius 2 is 2.20 bits per heavy atom. The van der Waals surface area contributed by atoms with Crippen LogP contribution in [0.15, 0.2) is 24.3 Å². The Morgan fingerprint density at radius 3 is 2.95 bits per heavy atom. The summed E-state index contributed by atoms with van der Waals surface area (Å²) in [4.78, 5) is 13.3. The van der Waals surface area contributed by atoms with Crippen LogP contribution in [-0.2, 0) is 9.53 Å². The normalized spacial score (nSPS) is 25.5. The lowest BCUT2D eigenvalue weighted by atomic mass is 9.98. The van der Waals surface area contributed by atoms with Crippen molar-refractivity contribution >= 4 is 11.7 Å². The highest BCUT2D eigenvalue weighted by Crippen LogP contribution is 2.38. The number of aliphatic carboxylic acids is 1. The third-order valence-electron chi connectivity index (χ3n) is 4.28. The van der Waals surface area contributed by atoms with Gasteiger partial charge < -0.3 is 14.7 Å². The third kappa shape index (κ3) is 2.80. The van der Waals surface area contributed by atoms with Crippen molar-refractivity contribution in [3.8, 4) is 0 Å². The fraction of sp³-hybridized carbons (Fsp3) is 0.562. The summed E-state index contributed by atoms with van der Waals surface area (Å²) in [5, 5.41) is 9.06. The number of anilines is 1. The van der Waals surface area contributed by atoms with E-state index in [4.69, 9.17) is 9.84 Å². The van der Waals surface area contributed by atoms with E-state index >= 15 is 0 Å². The first kappa shape index (κ1) is 13.4. The Hall–Kier alpha value is -1.55. The predicted molar refractivity (Wildman–Crippen MR) is 77.2 cm³/mol. The van der Waals surface area contributed by atoms with Crippen molar-refractivity contribution in [1.29, 1.82) is 0 Å². The van der Waals surface area contributed by atoms with Gasteiger partial charge in [0.2, 0.25) is 0 Å². The molecule has 2 atom stereocenters. The van der Waals surface area contributed by atoms with Gasteiger partial charge in [0.15, 0.2) is 0 Å². The Balaban J connectivity index is 1.74. The Labute approximate surface area is 119 Å². The van der Waals surface area contributed by atoms with Crippen LogP contribution >= 0.6 is 0 Å². The molecule has 4 heteroatoms. The van der Waals surface area contributed by atoms with Crippen molar-refractivity contribution < 1.29 is 14.6 Å². The number of fused-ring (bicyclic) bond motifs is 1. The second-order valence-electron chi connectivity index (χ2n) is 5.75. The minimum atomic E-state index is -0.722. The fourth-order valence-electron chi connectivity index (χ4n) is 3.34. The molecule has 2 aliphatic heterocycles. The number of carbonyl (C=O) groups is 1. The van der Waals surface area contributed by atoms with Gasteiger partial charge in [-0.2, -0.15) is 0 Å². The number of benzene rings is 1. The molecular formula is C16H21NO3. The summed E-state index contributed by atoms with van der Waals surface area (Å²) in [6.07, 6.45) is 4.01. The minimum absolute atomic E-state index is 0.104. The largest absolute Gasteiger partial charge is 0.481 e. The third-order valence-corrected chi connectivity index (χ3v) is 4.28. The zero-order chi connectivity index (χ0) is 13.9. The molecule has 108 valence electrons. The van der Waals surface area contributed by atoms with Crippen molar-refractivity contribution in [3.63, 3.8) is 0 Å². The molecule has 1 N–H and O–H groups in total. The Kier molecular flexibility index (Phi) is 3.92. The lowest BCUT2D eigenvalue weighted by Gasteiger charge is -2.29. The molecule has 0 aliphatic carbocycles. The second kappa shape index (κ2) is 5.83. The number of nitrogens with zero attached hydrogens (tertiary/aromatic N) is 1. The predicted octanol–water partition coefficient (Wildman–Crippen LogP) is 2.63. The lowest BCUT2D eigenvalue weighted by molar-refractivity contribution is -0.137. The van der Waals surface area contributed by atoms with Crippen molar-refractivity contribution in [1.82, 2.24) is 0 Å². The molecule has 20 heavy (non-hydrogen) atoms. The standard InChI is InChI=1S/C16H21NO3/c18-16(19)9-12-10-17(11-13-5-3-4-8-20-13)15-7-2-1-6-14(12)15/h1-2,6-7,12-13H,3-5,8-11H2,(H,18,19). The van der Waals surface area contributed by atoms with E-state index in [0.717, 1.165) is 32.5 Å². The zero-order valence-electron chi connectivity index (χ0n) is 11.6. The highest BCUT2D eigenvalue weighted by Gasteiger charge is 2.31. The number of rotatable bonds is 4. The number of ether oxygens (including phenoxy) is 1. The summed E-state index contributed by atoms with van der Waals surface area (Å²) >= 11 is 0. The number of carboxylic acids is 1. The molecule has 2 aliphatic rings. The maximum absolute atomic E-state index is 11.0. The molecule has 0 aromatic heterocycles. The van der Waals surface area contributed by atoms with E-state index in [0.29, 0.717) is 6.10 Å². The van der Waals surface area contributed by atoms with Crippen LogP contribution in [0.3, 0.4) is 0 Å². The summed E-state index contributed by atoms with van der Waals surface area (Å²) in [5.74, 6) is -0.618. The summed E-state index contributed by atoms with van der Waals surface area (Å²) in [6, 6.07) is 8.18. The van der Waals surface area contributed by atoms with E-state index in [9.17, 15) is 4.79 Å². The molecule has 1 saturated heterocycles. The molecule has 0 spiro atoms. The monoisotopic (exact) mass is 275 g/mol. The average Bonchev–Trinajstić information content (AvgIpc) is 2.78. The van der Waals surface area contributed by atoms with Gasteiger partial charge in [-0.15, -0.1) is 0 Å². The molecule has 3 rings (SSSR count). The molecule has 0 bridgehead atoms. The highest BCUT2D eigenvalue weighted by atomic mass is 16.5. The molecule has 0 radical (unpaired) electrons. The van der Waals surface area contributed by atoms with Gasteiger partial charge >= 0.3 is 5.97 Å². The molecule has 0 amide bonds. The molecule has 1 fully saturated rings. The number of para-hydroxylation sites is 1. The van der Waals surface area contributed by atoms with Crippen LogP contribution < -0.4 is 4.90 Å². The summed E-state index contributed by atoms with van der Waals surface area (Å²) in [5.41, 5.74) is 2.36. The summed E-state index contributed by atoms with van der Waals surface area (Å²) in [7, 11) is 0. The molecule has 2 heterocycles. The smallest absolute Gasteiger partial charge is 0.304 e. The quantitative estimate of drug-likeness (QED) is 0.917. The van der Waals surface area contributed by atoms with Gasteiger partial charge in [-0.25, -0.2) is 0 Å². The van der Waals surface area contributed by atoms with E-state index in [-0.39, 0.29) is 12.3 Å². The summed E-state index contributed by atoms with van der Waals surface area (Å²) < 4.78 is 5.81. The first-order valence-corrected chi connectivity index (χ1v) is 7.41.